The molecule has 2 rings (SSSR count). The summed E-state index contributed by atoms with van der Waals surface area (Å²) in [6.07, 6.45) is 0.875. The van der Waals surface area contributed by atoms with Crippen molar-refractivity contribution in [2.75, 3.05) is 0 Å². The van der Waals surface area contributed by atoms with Crippen molar-refractivity contribution < 1.29 is 24.6 Å². The molecule has 0 radical (unpaired) electrons. The highest BCUT2D eigenvalue weighted by Crippen LogP contribution is 2.17. The minimum absolute atomic E-state index is 0.0955. The largest absolute Gasteiger partial charge is 0.478 e. The molecule has 0 fully saturated rings. The van der Waals surface area contributed by atoms with Crippen molar-refractivity contribution in [2.24, 2.45) is 0 Å². The number of Topliss-reactive ketones (excluding diaryl/α,β-unsaturated/α-hetero) is 1. The van der Waals surface area contributed by atoms with Crippen LogP contribution >= 0.6 is 0 Å². The molecular formula is C18H14O5. The van der Waals surface area contributed by atoms with E-state index in [9.17, 15) is 14.4 Å². The van der Waals surface area contributed by atoms with E-state index < -0.39 is 11.9 Å². The van der Waals surface area contributed by atoms with Crippen molar-refractivity contribution >= 4 is 23.3 Å². The lowest BCUT2D eigenvalue weighted by atomic mass is 9.99. The Balaban J connectivity index is 2.20. The highest BCUT2D eigenvalue weighted by molar-refractivity contribution is 6.19. The van der Waals surface area contributed by atoms with E-state index in [-0.39, 0.29) is 23.3 Å². The van der Waals surface area contributed by atoms with Gasteiger partial charge in [-0.25, -0.2) is 9.59 Å². The van der Waals surface area contributed by atoms with Crippen LogP contribution in [0.15, 0.2) is 60.7 Å². The molecule has 2 N–H and O–H groups in total. The van der Waals surface area contributed by atoms with Gasteiger partial charge in [-0.2, -0.15) is 0 Å². The van der Waals surface area contributed by atoms with Gasteiger partial charge < -0.3 is 10.2 Å². The van der Waals surface area contributed by atoms with Gasteiger partial charge in [0, 0.05) is 18.1 Å². The Bertz CT molecular complexity index is 758. The third kappa shape index (κ3) is 4.38. The van der Waals surface area contributed by atoms with E-state index in [4.69, 9.17) is 10.2 Å². The van der Waals surface area contributed by atoms with Crippen LogP contribution < -0.4 is 0 Å². The summed E-state index contributed by atoms with van der Waals surface area (Å²) in [5.74, 6) is -2.77. The second kappa shape index (κ2) is 7.17. The molecule has 0 saturated heterocycles. The zero-order valence-electron chi connectivity index (χ0n) is 12.1. The normalized spacial score (nSPS) is 11.0. The molecule has 2 aromatic rings. The van der Waals surface area contributed by atoms with E-state index in [0.29, 0.717) is 11.6 Å². The molecule has 0 amide bonds. The molecule has 0 aliphatic rings. The van der Waals surface area contributed by atoms with Crippen molar-refractivity contribution in [3.8, 4) is 0 Å². The third-order valence-corrected chi connectivity index (χ3v) is 3.22. The van der Waals surface area contributed by atoms with Gasteiger partial charge in [0.05, 0.1) is 5.57 Å². The molecule has 0 aliphatic heterocycles. The van der Waals surface area contributed by atoms with Crippen molar-refractivity contribution in [1.29, 1.82) is 0 Å². The van der Waals surface area contributed by atoms with Gasteiger partial charge >= 0.3 is 11.9 Å². The van der Waals surface area contributed by atoms with E-state index in [2.05, 4.69) is 0 Å². The number of benzene rings is 2. The lowest BCUT2D eigenvalue weighted by Gasteiger charge is -2.05. The number of carbonyl (C=O) groups excluding carboxylic acids is 1. The number of carbonyl (C=O) groups is 3. The van der Waals surface area contributed by atoms with Crippen LogP contribution in [0.5, 0.6) is 0 Å². The van der Waals surface area contributed by atoms with Crippen molar-refractivity contribution in [3.05, 3.63) is 77.4 Å². The molecule has 0 saturated carbocycles. The topological polar surface area (TPSA) is 91.7 Å². The van der Waals surface area contributed by atoms with E-state index in [1.807, 2.05) is 30.3 Å². The molecule has 0 aromatic heterocycles. The summed E-state index contributed by atoms with van der Waals surface area (Å²) in [6.45, 7) is 0. The zero-order chi connectivity index (χ0) is 16.8. The Kier molecular flexibility index (Phi) is 5.04. The van der Waals surface area contributed by atoms with Gasteiger partial charge in [-0.3, -0.25) is 4.79 Å². The van der Waals surface area contributed by atoms with Gasteiger partial charge in [0.25, 0.3) is 0 Å². The van der Waals surface area contributed by atoms with Crippen LogP contribution in [0.2, 0.25) is 0 Å². The maximum Gasteiger partial charge on any atom is 0.336 e. The molecule has 5 heteroatoms. The first kappa shape index (κ1) is 16.2. The summed E-state index contributed by atoms with van der Waals surface area (Å²) in [4.78, 5) is 34.0. The second-order valence-electron chi connectivity index (χ2n) is 4.86. The van der Waals surface area contributed by atoms with Crippen molar-refractivity contribution in [3.63, 3.8) is 0 Å². The van der Waals surface area contributed by atoms with Crippen molar-refractivity contribution in [2.45, 2.75) is 6.42 Å². The highest BCUT2D eigenvalue weighted by atomic mass is 16.4. The number of carboxylic acids is 2. The average molecular weight is 310 g/mol. The van der Waals surface area contributed by atoms with E-state index >= 15 is 0 Å². The highest BCUT2D eigenvalue weighted by Gasteiger charge is 2.13. The van der Waals surface area contributed by atoms with Gasteiger partial charge in [-0.05, 0) is 11.1 Å². The first-order valence-electron chi connectivity index (χ1n) is 6.83. The molecule has 0 atom stereocenters. The standard InChI is InChI=1S/C18H14O5/c19-16(10-12-4-2-1-3-5-12)14-8-6-13(7-9-14)15(18(22)23)11-17(20)21/h1-9,11H,10H2,(H,20,21)(H,22,23). The predicted octanol–water partition coefficient (Wildman–Crippen LogP) is 2.66. The Labute approximate surface area is 132 Å². The monoisotopic (exact) mass is 310 g/mol. The van der Waals surface area contributed by atoms with Crippen LogP contribution in [0.1, 0.15) is 21.5 Å². The second-order valence-corrected chi connectivity index (χ2v) is 4.86. The number of carboxylic acid groups (broad SMARTS) is 2. The first-order valence-corrected chi connectivity index (χ1v) is 6.83. The number of aliphatic carboxylic acids is 2. The van der Waals surface area contributed by atoms with E-state index in [1.165, 1.54) is 24.3 Å². The Morgan fingerprint density at radius 1 is 0.826 bits per heavy atom. The minimum Gasteiger partial charge on any atom is -0.478 e. The van der Waals surface area contributed by atoms with Gasteiger partial charge in [-0.1, -0.05) is 54.6 Å². The maximum atomic E-state index is 12.2. The third-order valence-electron chi connectivity index (χ3n) is 3.22. The maximum absolute atomic E-state index is 12.2. The van der Waals surface area contributed by atoms with Crippen LogP contribution in [-0.2, 0) is 16.0 Å². The summed E-state index contributed by atoms with van der Waals surface area (Å²) >= 11 is 0. The summed E-state index contributed by atoms with van der Waals surface area (Å²) in [7, 11) is 0. The van der Waals surface area contributed by atoms with E-state index in [1.54, 1.807) is 0 Å². The molecule has 0 spiro atoms. The zero-order valence-corrected chi connectivity index (χ0v) is 12.1. The van der Waals surface area contributed by atoms with Crippen molar-refractivity contribution in [1.82, 2.24) is 0 Å². The van der Waals surface area contributed by atoms with Gasteiger partial charge in [0.15, 0.2) is 5.78 Å². The number of hydrogen-bond acceptors (Lipinski definition) is 3. The molecule has 0 heterocycles. The number of rotatable bonds is 6. The van der Waals surface area contributed by atoms with Crippen LogP contribution in [0.4, 0.5) is 0 Å². The lowest BCUT2D eigenvalue weighted by Crippen LogP contribution is -2.05. The van der Waals surface area contributed by atoms with Gasteiger partial charge in [-0.15, -0.1) is 0 Å². The van der Waals surface area contributed by atoms with Crippen LogP contribution in [0.25, 0.3) is 5.57 Å². The number of ketones is 1. The average Bonchev–Trinajstić information content (AvgIpc) is 2.53. The molecule has 0 bridgehead atoms. The summed E-state index contributed by atoms with van der Waals surface area (Å²) in [5.41, 5.74) is 1.23. The number of hydrogen-bond donors (Lipinski definition) is 2. The first-order chi connectivity index (χ1) is 11.0. The Morgan fingerprint density at radius 3 is 1.91 bits per heavy atom. The molecular weight excluding hydrogens is 296 g/mol. The summed E-state index contributed by atoms with van der Waals surface area (Å²) < 4.78 is 0. The van der Waals surface area contributed by atoms with Gasteiger partial charge in [0.2, 0.25) is 0 Å². The van der Waals surface area contributed by atoms with E-state index in [0.717, 1.165) is 5.56 Å². The lowest BCUT2D eigenvalue weighted by molar-refractivity contribution is -0.133. The Morgan fingerprint density at radius 2 is 1.39 bits per heavy atom. The van der Waals surface area contributed by atoms with Crippen LogP contribution in [-0.4, -0.2) is 27.9 Å². The SMILES string of the molecule is O=C(O)C=C(C(=O)O)c1ccc(C(=O)Cc2ccccc2)cc1. The summed E-state index contributed by atoms with van der Waals surface area (Å²) in [6, 6.07) is 15.1. The van der Waals surface area contributed by atoms with Gasteiger partial charge in [0.1, 0.15) is 0 Å². The summed E-state index contributed by atoms with van der Waals surface area (Å²) in [5, 5.41) is 17.8. The molecule has 23 heavy (non-hydrogen) atoms. The Hall–Kier alpha value is -3.21. The molecule has 0 aliphatic carbocycles. The molecule has 116 valence electrons. The van der Waals surface area contributed by atoms with Crippen LogP contribution in [0.3, 0.4) is 0 Å². The molecule has 2 aromatic carbocycles. The van der Waals surface area contributed by atoms with Crippen LogP contribution in [0, 0.1) is 0 Å². The predicted molar refractivity (Wildman–Crippen MR) is 84.2 cm³/mol. The quantitative estimate of drug-likeness (QED) is 0.632. The fourth-order valence-corrected chi connectivity index (χ4v) is 2.11. The fourth-order valence-electron chi connectivity index (χ4n) is 2.11. The smallest absolute Gasteiger partial charge is 0.336 e. The minimum atomic E-state index is -1.34. The molecule has 5 nitrogen and oxygen atoms in total. The fraction of sp³-hybridized carbons (Fsp3) is 0.0556. The molecule has 0 unspecified atom stereocenters.